The second kappa shape index (κ2) is 4.93. The van der Waals surface area contributed by atoms with Crippen LogP contribution in [0.3, 0.4) is 0 Å². The number of rotatable bonds is 3. The number of fused-ring (bicyclic) bond motifs is 1. The first kappa shape index (κ1) is 13.7. The van der Waals surface area contributed by atoms with Crippen molar-refractivity contribution in [3.05, 3.63) is 59.0 Å². The predicted molar refractivity (Wildman–Crippen MR) is 79.9 cm³/mol. The number of aromatic hydroxyl groups is 1. The van der Waals surface area contributed by atoms with E-state index in [1.807, 2.05) is 6.07 Å². The van der Waals surface area contributed by atoms with E-state index >= 15 is 0 Å². The molecule has 0 atom stereocenters. The Morgan fingerprint density at radius 1 is 1.14 bits per heavy atom. The molecule has 4 nitrogen and oxygen atoms in total. The van der Waals surface area contributed by atoms with E-state index in [0.717, 1.165) is 5.56 Å². The maximum absolute atomic E-state index is 12.2. The Balaban J connectivity index is 1.90. The summed E-state index contributed by atoms with van der Waals surface area (Å²) in [6, 6.07) is 11.8. The average molecular weight is 302 g/mol. The van der Waals surface area contributed by atoms with Gasteiger partial charge in [-0.2, -0.15) is 0 Å². The van der Waals surface area contributed by atoms with Crippen molar-refractivity contribution in [1.29, 1.82) is 0 Å². The maximum atomic E-state index is 12.2. The van der Waals surface area contributed by atoms with E-state index in [2.05, 4.69) is 0 Å². The van der Waals surface area contributed by atoms with Gasteiger partial charge in [-0.25, -0.2) is 8.42 Å². The Morgan fingerprint density at radius 3 is 2.67 bits per heavy atom. The molecule has 0 aromatic heterocycles. The van der Waals surface area contributed by atoms with Gasteiger partial charge in [0, 0.05) is 22.6 Å². The highest BCUT2D eigenvalue weighted by atomic mass is 32.2. The minimum absolute atomic E-state index is 0.108. The van der Waals surface area contributed by atoms with Gasteiger partial charge in [-0.05, 0) is 24.6 Å². The highest BCUT2D eigenvalue weighted by Crippen LogP contribution is 2.35. The van der Waals surface area contributed by atoms with E-state index in [0.29, 0.717) is 21.8 Å². The molecule has 1 N–H and O–H groups in total. The molecule has 0 fully saturated rings. The SMILES string of the molecule is Cc1cccc2c1S(=O)(=O)C=C2COc1cccc(O)c1. The third kappa shape index (κ3) is 2.52. The van der Waals surface area contributed by atoms with Crippen LogP contribution in [0.5, 0.6) is 11.5 Å². The van der Waals surface area contributed by atoms with Crippen LogP contribution in [-0.2, 0) is 9.84 Å². The molecule has 0 aliphatic carbocycles. The van der Waals surface area contributed by atoms with Crippen molar-refractivity contribution in [2.75, 3.05) is 6.61 Å². The molecule has 108 valence electrons. The summed E-state index contributed by atoms with van der Waals surface area (Å²) >= 11 is 0. The zero-order valence-corrected chi connectivity index (χ0v) is 12.2. The lowest BCUT2D eigenvalue weighted by molar-refractivity contribution is 0.366. The molecule has 0 amide bonds. The summed E-state index contributed by atoms with van der Waals surface area (Å²) in [5.74, 6) is 0.603. The smallest absolute Gasteiger partial charge is 0.201 e. The van der Waals surface area contributed by atoms with Crippen LogP contribution in [0.2, 0.25) is 0 Å². The van der Waals surface area contributed by atoms with E-state index in [1.165, 1.54) is 11.5 Å². The number of phenols is 1. The fraction of sp³-hybridized carbons (Fsp3) is 0.125. The summed E-state index contributed by atoms with van der Waals surface area (Å²) < 4.78 is 29.9. The van der Waals surface area contributed by atoms with Gasteiger partial charge in [0.25, 0.3) is 0 Å². The molecule has 0 unspecified atom stereocenters. The Bertz CT molecular complexity index is 835. The van der Waals surface area contributed by atoms with E-state index in [-0.39, 0.29) is 12.4 Å². The van der Waals surface area contributed by atoms with Crippen molar-refractivity contribution >= 4 is 15.4 Å². The standard InChI is InChI=1S/C16H14O4S/c1-11-4-2-7-15-12(10-21(18,19)16(11)15)9-20-14-6-3-5-13(17)8-14/h2-8,10,17H,9H2,1H3. The van der Waals surface area contributed by atoms with Gasteiger partial charge in [0.2, 0.25) is 9.84 Å². The zero-order chi connectivity index (χ0) is 15.0. The number of aryl methyl sites for hydroxylation is 1. The minimum atomic E-state index is -3.39. The number of ether oxygens (including phenoxy) is 1. The first-order valence-corrected chi connectivity index (χ1v) is 7.99. The molecule has 21 heavy (non-hydrogen) atoms. The Morgan fingerprint density at radius 2 is 1.90 bits per heavy atom. The Kier molecular flexibility index (Phi) is 3.22. The van der Waals surface area contributed by atoms with Crippen LogP contribution in [0.25, 0.3) is 5.57 Å². The third-order valence-electron chi connectivity index (χ3n) is 3.35. The summed E-state index contributed by atoms with van der Waals surface area (Å²) in [5.41, 5.74) is 2.04. The first-order valence-electron chi connectivity index (χ1n) is 6.45. The van der Waals surface area contributed by atoms with Crippen LogP contribution in [0.15, 0.2) is 52.8 Å². The van der Waals surface area contributed by atoms with Gasteiger partial charge in [0.05, 0.1) is 4.90 Å². The monoisotopic (exact) mass is 302 g/mol. The van der Waals surface area contributed by atoms with Crippen molar-refractivity contribution in [2.45, 2.75) is 11.8 Å². The van der Waals surface area contributed by atoms with Crippen LogP contribution in [-0.4, -0.2) is 20.1 Å². The maximum Gasteiger partial charge on any atom is 0.201 e. The van der Waals surface area contributed by atoms with Crippen molar-refractivity contribution in [1.82, 2.24) is 0 Å². The van der Waals surface area contributed by atoms with Crippen LogP contribution in [0.4, 0.5) is 0 Å². The van der Waals surface area contributed by atoms with Gasteiger partial charge in [0.1, 0.15) is 18.1 Å². The third-order valence-corrected chi connectivity index (χ3v) is 5.06. The van der Waals surface area contributed by atoms with Crippen molar-refractivity contribution in [2.24, 2.45) is 0 Å². The number of phenolic OH excluding ortho intramolecular Hbond substituents is 1. The molecule has 0 radical (unpaired) electrons. The number of sulfone groups is 1. The second-order valence-corrected chi connectivity index (χ2v) is 6.66. The number of hydrogen-bond acceptors (Lipinski definition) is 4. The number of hydrogen-bond donors (Lipinski definition) is 1. The molecule has 0 spiro atoms. The van der Waals surface area contributed by atoms with Crippen LogP contribution < -0.4 is 4.74 Å². The van der Waals surface area contributed by atoms with Crippen LogP contribution in [0, 0.1) is 6.92 Å². The average Bonchev–Trinajstić information content (AvgIpc) is 2.69. The summed E-state index contributed by atoms with van der Waals surface area (Å²) in [5, 5.41) is 10.6. The molecule has 3 rings (SSSR count). The van der Waals surface area contributed by atoms with E-state index < -0.39 is 9.84 Å². The van der Waals surface area contributed by atoms with Gasteiger partial charge >= 0.3 is 0 Å². The second-order valence-electron chi connectivity index (χ2n) is 4.93. The molecule has 0 bridgehead atoms. The molecule has 2 aromatic rings. The highest BCUT2D eigenvalue weighted by Gasteiger charge is 2.28. The summed E-state index contributed by atoms with van der Waals surface area (Å²) in [7, 11) is -3.39. The van der Waals surface area contributed by atoms with Crippen molar-refractivity contribution < 1.29 is 18.3 Å². The lowest BCUT2D eigenvalue weighted by atomic mass is 10.1. The molecular formula is C16H14O4S. The molecule has 5 heteroatoms. The zero-order valence-electron chi connectivity index (χ0n) is 11.4. The lowest BCUT2D eigenvalue weighted by Crippen LogP contribution is -2.00. The van der Waals surface area contributed by atoms with Gasteiger partial charge < -0.3 is 9.84 Å². The summed E-state index contributed by atoms with van der Waals surface area (Å²) in [6.07, 6.45) is 0. The van der Waals surface area contributed by atoms with Gasteiger partial charge in [-0.15, -0.1) is 0 Å². The molecule has 1 aliphatic heterocycles. The topological polar surface area (TPSA) is 63.6 Å². The lowest BCUT2D eigenvalue weighted by Gasteiger charge is -2.09. The molecular weight excluding hydrogens is 288 g/mol. The molecule has 0 saturated carbocycles. The normalized spacial score (nSPS) is 15.4. The van der Waals surface area contributed by atoms with Gasteiger partial charge in [-0.1, -0.05) is 24.3 Å². The molecule has 1 heterocycles. The number of benzene rings is 2. The van der Waals surface area contributed by atoms with E-state index in [4.69, 9.17) is 4.74 Å². The van der Waals surface area contributed by atoms with E-state index in [9.17, 15) is 13.5 Å². The fourth-order valence-corrected chi connectivity index (χ4v) is 4.15. The largest absolute Gasteiger partial charge is 0.508 e. The summed E-state index contributed by atoms with van der Waals surface area (Å²) in [4.78, 5) is 0.361. The van der Waals surface area contributed by atoms with Crippen LogP contribution in [0.1, 0.15) is 11.1 Å². The first-order chi connectivity index (χ1) is 9.97. The highest BCUT2D eigenvalue weighted by molar-refractivity contribution is 7.95. The minimum Gasteiger partial charge on any atom is -0.508 e. The Hall–Kier alpha value is -2.27. The van der Waals surface area contributed by atoms with Crippen LogP contribution >= 0.6 is 0 Å². The van der Waals surface area contributed by atoms with Crippen molar-refractivity contribution in [3.63, 3.8) is 0 Å². The molecule has 1 aliphatic rings. The van der Waals surface area contributed by atoms with Gasteiger partial charge in [-0.3, -0.25) is 0 Å². The van der Waals surface area contributed by atoms with E-state index in [1.54, 1.807) is 37.3 Å². The Labute approximate surface area is 123 Å². The summed E-state index contributed by atoms with van der Waals surface area (Å²) in [6.45, 7) is 1.92. The fourth-order valence-electron chi connectivity index (χ4n) is 2.44. The van der Waals surface area contributed by atoms with Crippen molar-refractivity contribution in [3.8, 4) is 11.5 Å². The predicted octanol–water partition coefficient (Wildman–Crippen LogP) is 2.91. The van der Waals surface area contributed by atoms with Gasteiger partial charge in [0.15, 0.2) is 0 Å². The quantitative estimate of drug-likeness (QED) is 0.947. The molecule has 0 saturated heterocycles. The molecule has 2 aromatic carbocycles.